The van der Waals surface area contributed by atoms with Crippen LogP contribution in [0.25, 0.3) is 22.2 Å². The average Bonchev–Trinajstić information content (AvgIpc) is 2.81. The van der Waals surface area contributed by atoms with Gasteiger partial charge in [0.1, 0.15) is 5.69 Å². The summed E-state index contributed by atoms with van der Waals surface area (Å²) in [6.45, 7) is 1.89. The van der Waals surface area contributed by atoms with E-state index in [1.807, 2.05) is 19.1 Å². The maximum absolute atomic E-state index is 10.8. The molecular weight excluding hydrogens is 244 g/mol. The van der Waals surface area contributed by atoms with Gasteiger partial charge in [-0.25, -0.2) is 0 Å². The summed E-state index contributed by atoms with van der Waals surface area (Å²) < 4.78 is 0. The number of aromatic nitrogens is 3. The highest BCUT2D eigenvalue weighted by molar-refractivity contribution is 5.94. The summed E-state index contributed by atoms with van der Waals surface area (Å²) in [7, 11) is 0. The van der Waals surface area contributed by atoms with Gasteiger partial charge in [-0.15, -0.1) is 0 Å². The van der Waals surface area contributed by atoms with E-state index in [1.54, 1.807) is 12.3 Å². The molecule has 0 saturated carbocycles. The van der Waals surface area contributed by atoms with E-state index in [0.29, 0.717) is 5.69 Å². The first-order chi connectivity index (χ1) is 9.15. The molecule has 3 rings (SSSR count). The Morgan fingerprint density at radius 3 is 2.84 bits per heavy atom. The normalized spacial score (nSPS) is 10.8. The van der Waals surface area contributed by atoms with Gasteiger partial charge < -0.3 is 0 Å². The first-order valence-corrected chi connectivity index (χ1v) is 5.71. The number of hydrogen-bond donors (Lipinski definition) is 1. The fourth-order valence-electron chi connectivity index (χ4n) is 2.03. The van der Waals surface area contributed by atoms with Gasteiger partial charge in [0.2, 0.25) is 0 Å². The highest BCUT2D eigenvalue weighted by Crippen LogP contribution is 2.29. The van der Waals surface area contributed by atoms with Crippen LogP contribution in [0.2, 0.25) is 0 Å². The van der Waals surface area contributed by atoms with Gasteiger partial charge in [-0.05, 0) is 25.1 Å². The van der Waals surface area contributed by atoms with E-state index in [0.717, 1.165) is 22.2 Å². The second-order valence-corrected chi connectivity index (χ2v) is 4.25. The Morgan fingerprint density at radius 2 is 2.11 bits per heavy atom. The molecule has 0 saturated heterocycles. The summed E-state index contributed by atoms with van der Waals surface area (Å²) in [5.41, 5.74) is 3.29. The minimum atomic E-state index is -0.409. The maximum Gasteiger partial charge on any atom is 0.270 e. The Balaban J connectivity index is 2.24. The summed E-state index contributed by atoms with van der Waals surface area (Å²) in [4.78, 5) is 14.6. The van der Waals surface area contributed by atoms with E-state index in [9.17, 15) is 10.1 Å². The number of rotatable bonds is 2. The number of nitro benzene ring substituents is 1. The smallest absolute Gasteiger partial charge is 0.270 e. The van der Waals surface area contributed by atoms with Crippen LogP contribution in [0.3, 0.4) is 0 Å². The van der Waals surface area contributed by atoms with Crippen LogP contribution in [0.15, 0.2) is 36.5 Å². The number of nitrogens with one attached hydrogen (secondary N) is 1. The van der Waals surface area contributed by atoms with Gasteiger partial charge in [-0.1, -0.05) is 0 Å². The molecule has 0 bridgehead atoms. The number of pyridine rings is 1. The molecule has 0 aliphatic rings. The first-order valence-electron chi connectivity index (χ1n) is 5.71. The van der Waals surface area contributed by atoms with Gasteiger partial charge >= 0.3 is 0 Å². The minimum absolute atomic E-state index is 0.0564. The lowest BCUT2D eigenvalue weighted by molar-refractivity contribution is -0.384. The van der Waals surface area contributed by atoms with Crippen LogP contribution in [0.5, 0.6) is 0 Å². The van der Waals surface area contributed by atoms with Crippen molar-refractivity contribution < 1.29 is 4.92 Å². The Hall–Kier alpha value is -2.76. The van der Waals surface area contributed by atoms with E-state index in [2.05, 4.69) is 15.2 Å². The summed E-state index contributed by atoms with van der Waals surface area (Å²) >= 11 is 0. The van der Waals surface area contributed by atoms with Gasteiger partial charge in [-0.3, -0.25) is 20.2 Å². The third-order valence-electron chi connectivity index (χ3n) is 2.93. The number of hydrogen-bond acceptors (Lipinski definition) is 4. The Labute approximate surface area is 108 Å². The van der Waals surface area contributed by atoms with E-state index in [1.165, 1.54) is 12.1 Å². The van der Waals surface area contributed by atoms with Crippen molar-refractivity contribution in [2.75, 3.05) is 0 Å². The minimum Gasteiger partial charge on any atom is -0.277 e. The zero-order valence-electron chi connectivity index (χ0n) is 10.1. The van der Waals surface area contributed by atoms with Crippen molar-refractivity contribution in [3.8, 4) is 11.3 Å². The Bertz CT molecular complexity index is 779. The number of fused-ring (bicyclic) bond motifs is 1. The molecule has 19 heavy (non-hydrogen) atoms. The highest BCUT2D eigenvalue weighted by atomic mass is 16.6. The van der Waals surface area contributed by atoms with Crippen molar-refractivity contribution in [2.24, 2.45) is 0 Å². The quantitative estimate of drug-likeness (QED) is 0.563. The number of nitrogens with zero attached hydrogens (tertiary/aromatic N) is 3. The van der Waals surface area contributed by atoms with E-state index in [-0.39, 0.29) is 5.69 Å². The van der Waals surface area contributed by atoms with Crippen molar-refractivity contribution in [1.29, 1.82) is 0 Å². The lowest BCUT2D eigenvalue weighted by atomic mass is 10.1. The van der Waals surface area contributed by atoms with Crippen LogP contribution in [-0.2, 0) is 0 Å². The molecule has 1 N–H and O–H groups in total. The number of non-ortho nitro benzene ring substituents is 1. The lowest BCUT2D eigenvalue weighted by Crippen LogP contribution is -1.87. The van der Waals surface area contributed by atoms with Crippen LogP contribution < -0.4 is 0 Å². The average molecular weight is 254 g/mol. The topological polar surface area (TPSA) is 84.7 Å². The number of nitro groups is 1. The van der Waals surface area contributed by atoms with Crippen molar-refractivity contribution in [3.63, 3.8) is 0 Å². The van der Waals surface area contributed by atoms with Crippen LogP contribution in [0.4, 0.5) is 5.69 Å². The van der Waals surface area contributed by atoms with Gasteiger partial charge in [0, 0.05) is 35.0 Å². The monoisotopic (exact) mass is 254 g/mol. The van der Waals surface area contributed by atoms with Crippen molar-refractivity contribution in [1.82, 2.24) is 15.2 Å². The van der Waals surface area contributed by atoms with Crippen LogP contribution >= 0.6 is 0 Å². The van der Waals surface area contributed by atoms with E-state index in [4.69, 9.17) is 0 Å². The van der Waals surface area contributed by atoms with Crippen LogP contribution in [-0.4, -0.2) is 20.1 Å². The third kappa shape index (κ3) is 1.93. The molecule has 0 aliphatic carbocycles. The second kappa shape index (κ2) is 4.16. The Kier molecular flexibility index (Phi) is 2.49. The fraction of sp³-hybridized carbons (Fsp3) is 0.0769. The van der Waals surface area contributed by atoms with Gasteiger partial charge in [-0.2, -0.15) is 5.10 Å². The van der Waals surface area contributed by atoms with Gasteiger partial charge in [0.15, 0.2) is 0 Å². The molecule has 2 aromatic heterocycles. The SMILES string of the molecule is Cc1cc(-c2n[nH]c3ccc([N+](=O)[O-])cc23)ccn1. The Morgan fingerprint density at radius 1 is 1.26 bits per heavy atom. The largest absolute Gasteiger partial charge is 0.277 e. The molecule has 0 radical (unpaired) electrons. The van der Waals surface area contributed by atoms with E-state index < -0.39 is 4.92 Å². The first kappa shape index (κ1) is 11.3. The maximum atomic E-state index is 10.8. The summed E-state index contributed by atoms with van der Waals surface area (Å²) in [6.07, 6.45) is 1.70. The van der Waals surface area contributed by atoms with Gasteiger partial charge in [0.25, 0.3) is 5.69 Å². The number of benzene rings is 1. The zero-order chi connectivity index (χ0) is 13.4. The summed E-state index contributed by atoms with van der Waals surface area (Å²) in [6, 6.07) is 8.39. The number of H-pyrrole nitrogens is 1. The van der Waals surface area contributed by atoms with E-state index >= 15 is 0 Å². The molecule has 0 atom stereocenters. The summed E-state index contributed by atoms with van der Waals surface area (Å²) in [5, 5.41) is 18.7. The summed E-state index contributed by atoms with van der Waals surface area (Å²) in [5.74, 6) is 0. The van der Waals surface area contributed by atoms with Crippen LogP contribution in [0.1, 0.15) is 5.69 Å². The van der Waals surface area contributed by atoms with Crippen molar-refractivity contribution in [3.05, 3.63) is 52.3 Å². The lowest BCUT2D eigenvalue weighted by Gasteiger charge is -1.99. The van der Waals surface area contributed by atoms with Gasteiger partial charge in [0.05, 0.1) is 10.4 Å². The van der Waals surface area contributed by atoms with Crippen LogP contribution in [0, 0.1) is 17.0 Å². The molecule has 0 amide bonds. The zero-order valence-corrected chi connectivity index (χ0v) is 10.1. The number of aromatic amines is 1. The molecule has 1 aromatic carbocycles. The number of aryl methyl sites for hydroxylation is 1. The molecule has 2 heterocycles. The van der Waals surface area contributed by atoms with Crippen molar-refractivity contribution in [2.45, 2.75) is 6.92 Å². The molecule has 94 valence electrons. The molecule has 0 spiro atoms. The predicted molar refractivity (Wildman–Crippen MR) is 70.7 cm³/mol. The standard InChI is InChI=1S/C13H10N4O2/c1-8-6-9(4-5-14-8)13-11-7-10(17(18)19)2-3-12(11)15-16-13/h2-7H,1H3,(H,15,16). The molecule has 3 aromatic rings. The molecular formula is C13H10N4O2. The molecule has 0 unspecified atom stereocenters. The third-order valence-corrected chi connectivity index (χ3v) is 2.93. The molecule has 6 nitrogen and oxygen atoms in total. The van der Waals surface area contributed by atoms with Crippen molar-refractivity contribution >= 4 is 16.6 Å². The molecule has 6 heteroatoms. The second-order valence-electron chi connectivity index (χ2n) is 4.25. The highest BCUT2D eigenvalue weighted by Gasteiger charge is 2.13. The molecule has 0 fully saturated rings. The predicted octanol–water partition coefficient (Wildman–Crippen LogP) is 2.84. The molecule has 0 aliphatic heterocycles. The fourth-order valence-corrected chi connectivity index (χ4v) is 2.03.